The average Bonchev–Trinajstić information content (AvgIpc) is 2.86. The minimum absolute atomic E-state index is 0.105. The molecule has 19 heavy (non-hydrogen) atoms. The minimum Gasteiger partial charge on any atom is -0.469 e. The van der Waals surface area contributed by atoms with Crippen LogP contribution >= 0.6 is 0 Å². The van der Waals surface area contributed by atoms with Crippen molar-refractivity contribution in [3.05, 3.63) is 65.9 Å². The highest BCUT2D eigenvalue weighted by Gasteiger charge is 2.18. The molecule has 2 heterocycles. The molecule has 1 aromatic carbocycles. The Morgan fingerprint density at radius 3 is 2.84 bits per heavy atom. The average molecular weight is 253 g/mol. The lowest BCUT2D eigenvalue weighted by atomic mass is 9.95. The molecule has 0 saturated carbocycles. The van der Waals surface area contributed by atoms with E-state index in [0.717, 1.165) is 27.7 Å². The highest BCUT2D eigenvalue weighted by atomic mass is 16.3. The van der Waals surface area contributed by atoms with Gasteiger partial charge in [-0.3, -0.25) is 10.8 Å². The molecule has 4 heteroatoms. The maximum absolute atomic E-state index is 5.74. The Morgan fingerprint density at radius 1 is 1.21 bits per heavy atom. The lowest BCUT2D eigenvalue weighted by molar-refractivity contribution is 0.520. The number of benzene rings is 1. The number of fused-ring (bicyclic) bond motifs is 1. The summed E-state index contributed by atoms with van der Waals surface area (Å²) in [5.74, 6) is 6.61. The van der Waals surface area contributed by atoms with Crippen molar-refractivity contribution in [3.63, 3.8) is 0 Å². The van der Waals surface area contributed by atoms with E-state index in [1.807, 2.05) is 31.3 Å². The number of hydrogen-bond donors (Lipinski definition) is 2. The topological polar surface area (TPSA) is 64.1 Å². The fraction of sp³-hybridized carbons (Fsp3) is 0.133. The molecule has 0 aliphatic heterocycles. The summed E-state index contributed by atoms with van der Waals surface area (Å²) in [6, 6.07) is 9.98. The summed E-state index contributed by atoms with van der Waals surface area (Å²) in [6.45, 7) is 1.93. The Morgan fingerprint density at radius 2 is 2.11 bits per heavy atom. The van der Waals surface area contributed by atoms with E-state index in [0.29, 0.717) is 0 Å². The number of furan rings is 1. The number of nitrogens with zero attached hydrogens (tertiary/aromatic N) is 1. The molecular weight excluding hydrogens is 238 g/mol. The van der Waals surface area contributed by atoms with Gasteiger partial charge in [0.1, 0.15) is 5.76 Å². The molecular formula is C15H15N3O. The molecule has 3 rings (SSSR count). The van der Waals surface area contributed by atoms with Gasteiger partial charge in [-0.25, -0.2) is 5.43 Å². The molecule has 0 saturated heterocycles. The number of hydrazine groups is 1. The van der Waals surface area contributed by atoms with Gasteiger partial charge in [-0.2, -0.15) is 0 Å². The Labute approximate surface area is 111 Å². The van der Waals surface area contributed by atoms with E-state index in [1.54, 1.807) is 12.5 Å². The monoisotopic (exact) mass is 253 g/mol. The van der Waals surface area contributed by atoms with Crippen LogP contribution in [0.2, 0.25) is 0 Å². The summed E-state index contributed by atoms with van der Waals surface area (Å²) in [7, 11) is 0. The van der Waals surface area contributed by atoms with Crippen LogP contribution in [-0.4, -0.2) is 4.98 Å². The molecule has 0 radical (unpaired) electrons. The molecule has 0 amide bonds. The summed E-state index contributed by atoms with van der Waals surface area (Å²) in [6.07, 6.45) is 5.34. The first-order chi connectivity index (χ1) is 9.31. The van der Waals surface area contributed by atoms with Crippen molar-refractivity contribution >= 4 is 10.8 Å². The van der Waals surface area contributed by atoms with Crippen molar-refractivity contribution in [2.24, 2.45) is 5.84 Å². The van der Waals surface area contributed by atoms with Crippen molar-refractivity contribution < 1.29 is 4.42 Å². The zero-order valence-electron chi connectivity index (χ0n) is 10.6. The number of aromatic nitrogens is 1. The Kier molecular flexibility index (Phi) is 3.03. The second-order valence-electron chi connectivity index (χ2n) is 4.48. The van der Waals surface area contributed by atoms with Crippen LogP contribution in [-0.2, 0) is 0 Å². The van der Waals surface area contributed by atoms with Crippen LogP contribution in [0.25, 0.3) is 10.8 Å². The predicted molar refractivity (Wildman–Crippen MR) is 74.4 cm³/mol. The maximum atomic E-state index is 5.74. The molecule has 3 aromatic rings. The summed E-state index contributed by atoms with van der Waals surface area (Å²) >= 11 is 0. The van der Waals surface area contributed by atoms with Gasteiger partial charge >= 0.3 is 0 Å². The number of aryl methyl sites for hydroxylation is 1. The van der Waals surface area contributed by atoms with Crippen LogP contribution in [0, 0.1) is 6.92 Å². The number of pyridine rings is 1. The SMILES string of the molecule is Cc1occc1C(NN)c1cccc2ccncc12. The molecule has 2 aromatic heterocycles. The first kappa shape index (κ1) is 11.9. The molecule has 1 unspecified atom stereocenters. The predicted octanol–water partition coefficient (Wildman–Crippen LogP) is 2.69. The third-order valence-corrected chi connectivity index (χ3v) is 3.40. The molecule has 3 N–H and O–H groups in total. The van der Waals surface area contributed by atoms with E-state index < -0.39 is 0 Å². The summed E-state index contributed by atoms with van der Waals surface area (Å²) in [5, 5.41) is 2.24. The van der Waals surface area contributed by atoms with Gasteiger partial charge in [0.25, 0.3) is 0 Å². The van der Waals surface area contributed by atoms with Gasteiger partial charge in [0.2, 0.25) is 0 Å². The number of nitrogens with two attached hydrogens (primary N) is 1. The Bertz CT molecular complexity index is 700. The number of hydrogen-bond acceptors (Lipinski definition) is 4. The highest BCUT2D eigenvalue weighted by Crippen LogP contribution is 2.30. The van der Waals surface area contributed by atoms with Crippen molar-refractivity contribution in [2.75, 3.05) is 0 Å². The maximum Gasteiger partial charge on any atom is 0.105 e. The lowest BCUT2D eigenvalue weighted by Gasteiger charge is -2.17. The second-order valence-corrected chi connectivity index (χ2v) is 4.48. The van der Waals surface area contributed by atoms with Gasteiger partial charge in [0.05, 0.1) is 12.3 Å². The van der Waals surface area contributed by atoms with E-state index >= 15 is 0 Å². The van der Waals surface area contributed by atoms with Gasteiger partial charge in [0, 0.05) is 23.3 Å². The standard InChI is InChI=1S/C15H15N3O/c1-10-12(6-8-19-10)15(18-16)13-4-2-3-11-5-7-17-9-14(11)13/h2-9,15,18H,16H2,1H3. The van der Waals surface area contributed by atoms with E-state index in [9.17, 15) is 0 Å². The molecule has 0 bridgehead atoms. The lowest BCUT2D eigenvalue weighted by Crippen LogP contribution is -2.29. The van der Waals surface area contributed by atoms with Crippen molar-refractivity contribution in [1.29, 1.82) is 0 Å². The molecule has 0 aliphatic rings. The number of rotatable bonds is 3. The first-order valence-corrected chi connectivity index (χ1v) is 6.14. The van der Waals surface area contributed by atoms with Gasteiger partial charge in [-0.15, -0.1) is 0 Å². The fourth-order valence-corrected chi connectivity index (χ4v) is 2.43. The Balaban J connectivity index is 2.20. The van der Waals surface area contributed by atoms with Crippen LogP contribution < -0.4 is 11.3 Å². The normalized spacial score (nSPS) is 12.7. The zero-order valence-corrected chi connectivity index (χ0v) is 10.6. The van der Waals surface area contributed by atoms with Gasteiger partial charge in [0.15, 0.2) is 0 Å². The molecule has 0 spiro atoms. The van der Waals surface area contributed by atoms with E-state index in [-0.39, 0.29) is 6.04 Å². The quantitative estimate of drug-likeness (QED) is 0.556. The molecule has 4 nitrogen and oxygen atoms in total. The highest BCUT2D eigenvalue weighted by molar-refractivity contribution is 5.85. The minimum atomic E-state index is -0.105. The molecule has 1 atom stereocenters. The van der Waals surface area contributed by atoms with E-state index in [2.05, 4.69) is 22.5 Å². The number of nitrogens with one attached hydrogen (secondary N) is 1. The smallest absolute Gasteiger partial charge is 0.105 e. The molecule has 96 valence electrons. The van der Waals surface area contributed by atoms with Crippen LogP contribution in [0.3, 0.4) is 0 Å². The first-order valence-electron chi connectivity index (χ1n) is 6.14. The van der Waals surface area contributed by atoms with Crippen molar-refractivity contribution in [3.8, 4) is 0 Å². The Hall–Kier alpha value is -2.17. The van der Waals surface area contributed by atoms with Crippen LogP contribution in [0.1, 0.15) is 22.9 Å². The fourth-order valence-electron chi connectivity index (χ4n) is 2.43. The van der Waals surface area contributed by atoms with Gasteiger partial charge in [-0.05, 0) is 30.0 Å². The van der Waals surface area contributed by atoms with Crippen molar-refractivity contribution in [2.45, 2.75) is 13.0 Å². The second kappa shape index (κ2) is 4.84. The van der Waals surface area contributed by atoms with Crippen molar-refractivity contribution in [1.82, 2.24) is 10.4 Å². The molecule has 0 aliphatic carbocycles. The van der Waals surface area contributed by atoms with E-state index in [1.165, 1.54) is 0 Å². The van der Waals surface area contributed by atoms with Gasteiger partial charge in [-0.1, -0.05) is 18.2 Å². The zero-order chi connectivity index (χ0) is 13.2. The summed E-state index contributed by atoms with van der Waals surface area (Å²) < 4.78 is 5.37. The van der Waals surface area contributed by atoms with E-state index in [4.69, 9.17) is 10.3 Å². The largest absolute Gasteiger partial charge is 0.469 e. The van der Waals surface area contributed by atoms with Crippen LogP contribution in [0.4, 0.5) is 0 Å². The van der Waals surface area contributed by atoms with Crippen LogP contribution in [0.5, 0.6) is 0 Å². The molecule has 0 fully saturated rings. The summed E-state index contributed by atoms with van der Waals surface area (Å²) in [4.78, 5) is 4.20. The third kappa shape index (κ3) is 2.01. The van der Waals surface area contributed by atoms with Crippen LogP contribution in [0.15, 0.2) is 53.4 Å². The van der Waals surface area contributed by atoms with Gasteiger partial charge < -0.3 is 4.42 Å². The summed E-state index contributed by atoms with van der Waals surface area (Å²) in [5.41, 5.74) is 5.00. The third-order valence-electron chi connectivity index (χ3n) is 3.40.